The molecule has 1 aromatic rings. The molecule has 184 valence electrons. The van der Waals surface area contributed by atoms with E-state index in [1.165, 1.54) is 18.2 Å². The fraction of sp³-hybridized carbons (Fsp3) is 0.708. The van der Waals surface area contributed by atoms with E-state index >= 15 is 0 Å². The number of morpholine rings is 1. The van der Waals surface area contributed by atoms with Crippen molar-refractivity contribution in [3.05, 3.63) is 29.8 Å². The Bertz CT molecular complexity index is 799. The molecule has 3 fully saturated rings. The Labute approximate surface area is 192 Å². The predicted octanol–water partition coefficient (Wildman–Crippen LogP) is 3.69. The quantitative estimate of drug-likeness (QED) is 0.711. The lowest BCUT2D eigenvalue weighted by Gasteiger charge is -2.44. The third kappa shape index (κ3) is 6.00. The van der Waals surface area contributed by atoms with Crippen LogP contribution >= 0.6 is 0 Å². The summed E-state index contributed by atoms with van der Waals surface area (Å²) < 4.78 is 47.9. The lowest BCUT2D eigenvalue weighted by atomic mass is 9.72. The number of carbonyl (C=O) groups is 1. The SMILES string of the molecule is O=C(C(c1cccc(OC(F)(F)F)c1)C1(O)CCCCC1)N1CCC(N2CCOCC2)CC1. The Morgan fingerprint density at radius 2 is 1.76 bits per heavy atom. The van der Waals surface area contributed by atoms with E-state index in [0.717, 1.165) is 58.4 Å². The van der Waals surface area contributed by atoms with Crippen LogP contribution in [-0.4, -0.2) is 78.2 Å². The van der Waals surface area contributed by atoms with E-state index in [4.69, 9.17) is 4.74 Å². The molecule has 0 spiro atoms. The number of ether oxygens (including phenoxy) is 2. The van der Waals surface area contributed by atoms with Crippen LogP contribution in [-0.2, 0) is 9.53 Å². The topological polar surface area (TPSA) is 62.2 Å². The molecule has 1 saturated carbocycles. The van der Waals surface area contributed by atoms with Gasteiger partial charge in [0.15, 0.2) is 0 Å². The number of amides is 1. The summed E-state index contributed by atoms with van der Waals surface area (Å²) >= 11 is 0. The molecule has 1 aliphatic carbocycles. The van der Waals surface area contributed by atoms with Gasteiger partial charge in [-0.05, 0) is 43.4 Å². The van der Waals surface area contributed by atoms with Crippen LogP contribution in [0.15, 0.2) is 24.3 Å². The summed E-state index contributed by atoms with van der Waals surface area (Å²) in [7, 11) is 0. The van der Waals surface area contributed by atoms with Crippen molar-refractivity contribution in [3.63, 3.8) is 0 Å². The molecular weight excluding hydrogens is 437 g/mol. The number of likely N-dealkylation sites (tertiary alicyclic amines) is 1. The van der Waals surface area contributed by atoms with Gasteiger partial charge in [0.05, 0.1) is 24.7 Å². The monoisotopic (exact) mass is 470 g/mol. The van der Waals surface area contributed by atoms with Crippen LogP contribution in [0.3, 0.4) is 0 Å². The van der Waals surface area contributed by atoms with E-state index in [1.54, 1.807) is 11.0 Å². The summed E-state index contributed by atoms with van der Waals surface area (Å²) in [6.45, 7) is 4.40. The van der Waals surface area contributed by atoms with Gasteiger partial charge in [-0.25, -0.2) is 0 Å². The maximum atomic E-state index is 13.8. The van der Waals surface area contributed by atoms with Crippen molar-refractivity contribution in [3.8, 4) is 5.75 Å². The van der Waals surface area contributed by atoms with Crippen LogP contribution in [0, 0.1) is 0 Å². The summed E-state index contributed by atoms with van der Waals surface area (Å²) in [5.74, 6) is -1.48. The molecule has 1 aromatic carbocycles. The molecule has 1 unspecified atom stereocenters. The number of rotatable bonds is 5. The number of nitrogens with zero attached hydrogens (tertiary/aromatic N) is 2. The summed E-state index contributed by atoms with van der Waals surface area (Å²) in [5.41, 5.74) is -0.894. The van der Waals surface area contributed by atoms with Crippen molar-refractivity contribution in [2.24, 2.45) is 0 Å². The molecule has 0 radical (unpaired) electrons. The van der Waals surface area contributed by atoms with Gasteiger partial charge in [-0.3, -0.25) is 9.69 Å². The Morgan fingerprint density at radius 1 is 1.09 bits per heavy atom. The molecule has 1 atom stereocenters. The molecule has 1 amide bonds. The van der Waals surface area contributed by atoms with Crippen LogP contribution in [0.4, 0.5) is 13.2 Å². The van der Waals surface area contributed by atoms with Crippen molar-refractivity contribution >= 4 is 5.91 Å². The first kappa shape index (κ1) is 24.3. The summed E-state index contributed by atoms with van der Waals surface area (Å²) in [6.07, 6.45) is 0.334. The molecule has 6 nitrogen and oxygen atoms in total. The van der Waals surface area contributed by atoms with Crippen molar-refractivity contribution < 1.29 is 32.5 Å². The van der Waals surface area contributed by atoms with Gasteiger partial charge < -0.3 is 19.5 Å². The van der Waals surface area contributed by atoms with Gasteiger partial charge in [-0.2, -0.15) is 0 Å². The molecule has 2 heterocycles. The average molecular weight is 471 g/mol. The fourth-order valence-corrected chi connectivity index (χ4v) is 5.60. The van der Waals surface area contributed by atoms with Gasteiger partial charge in [0.1, 0.15) is 5.75 Å². The highest BCUT2D eigenvalue weighted by Gasteiger charge is 2.45. The first-order valence-corrected chi connectivity index (χ1v) is 11.9. The van der Waals surface area contributed by atoms with Crippen molar-refractivity contribution in [2.45, 2.75) is 68.9 Å². The molecule has 1 N–H and O–H groups in total. The molecular formula is C24H33F3N2O4. The van der Waals surface area contributed by atoms with Crippen LogP contribution in [0.2, 0.25) is 0 Å². The minimum atomic E-state index is -4.82. The van der Waals surface area contributed by atoms with Crippen LogP contribution < -0.4 is 4.74 Å². The highest BCUT2D eigenvalue weighted by Crippen LogP contribution is 2.42. The zero-order chi connectivity index (χ0) is 23.5. The minimum Gasteiger partial charge on any atom is -0.406 e. The van der Waals surface area contributed by atoms with E-state index in [2.05, 4.69) is 9.64 Å². The molecule has 0 bridgehead atoms. The zero-order valence-corrected chi connectivity index (χ0v) is 18.9. The largest absolute Gasteiger partial charge is 0.573 e. The molecule has 3 aliphatic rings. The molecule has 9 heteroatoms. The van der Waals surface area contributed by atoms with Crippen molar-refractivity contribution in [1.29, 1.82) is 0 Å². The molecule has 0 aromatic heterocycles. The predicted molar refractivity (Wildman–Crippen MR) is 116 cm³/mol. The second kappa shape index (κ2) is 10.2. The minimum absolute atomic E-state index is 0.205. The maximum Gasteiger partial charge on any atom is 0.573 e. The second-order valence-corrected chi connectivity index (χ2v) is 9.42. The molecule has 4 rings (SSSR count). The van der Waals surface area contributed by atoms with Crippen molar-refractivity contribution in [2.75, 3.05) is 39.4 Å². The zero-order valence-electron chi connectivity index (χ0n) is 18.9. The number of alkyl halides is 3. The lowest BCUT2D eigenvalue weighted by Crippen LogP contribution is -2.53. The summed E-state index contributed by atoms with van der Waals surface area (Å²) in [4.78, 5) is 17.9. The van der Waals surface area contributed by atoms with Gasteiger partial charge in [0.2, 0.25) is 5.91 Å². The van der Waals surface area contributed by atoms with Gasteiger partial charge in [0.25, 0.3) is 0 Å². The Hall–Kier alpha value is -1.84. The first-order valence-electron chi connectivity index (χ1n) is 11.9. The number of hydrogen-bond acceptors (Lipinski definition) is 5. The number of piperidine rings is 1. The maximum absolute atomic E-state index is 13.8. The highest BCUT2D eigenvalue weighted by molar-refractivity contribution is 5.85. The number of hydrogen-bond donors (Lipinski definition) is 1. The summed E-state index contributed by atoms with van der Waals surface area (Å²) in [6, 6.07) is 5.95. The third-order valence-electron chi connectivity index (χ3n) is 7.27. The average Bonchev–Trinajstić information content (AvgIpc) is 2.79. The Kier molecular flexibility index (Phi) is 7.50. The fourth-order valence-electron chi connectivity index (χ4n) is 5.60. The number of halogens is 3. The summed E-state index contributed by atoms with van der Waals surface area (Å²) in [5, 5.41) is 11.5. The van der Waals surface area contributed by atoms with E-state index in [-0.39, 0.29) is 11.7 Å². The van der Waals surface area contributed by atoms with E-state index in [0.29, 0.717) is 37.5 Å². The molecule has 2 aliphatic heterocycles. The molecule has 2 saturated heterocycles. The smallest absolute Gasteiger partial charge is 0.406 e. The lowest BCUT2D eigenvalue weighted by molar-refractivity contribution is -0.274. The van der Waals surface area contributed by atoms with E-state index in [1.807, 2.05) is 0 Å². The van der Waals surface area contributed by atoms with Crippen LogP contribution in [0.1, 0.15) is 56.4 Å². The third-order valence-corrected chi connectivity index (χ3v) is 7.27. The highest BCUT2D eigenvalue weighted by atomic mass is 19.4. The number of carbonyl (C=O) groups excluding carboxylic acids is 1. The second-order valence-electron chi connectivity index (χ2n) is 9.42. The molecule has 33 heavy (non-hydrogen) atoms. The first-order chi connectivity index (χ1) is 15.8. The van der Waals surface area contributed by atoms with E-state index in [9.17, 15) is 23.1 Å². The van der Waals surface area contributed by atoms with Gasteiger partial charge in [-0.15, -0.1) is 13.2 Å². The van der Waals surface area contributed by atoms with E-state index < -0.39 is 17.9 Å². The van der Waals surface area contributed by atoms with Crippen LogP contribution in [0.25, 0.3) is 0 Å². The van der Waals surface area contributed by atoms with Crippen LogP contribution in [0.5, 0.6) is 5.75 Å². The van der Waals surface area contributed by atoms with Crippen molar-refractivity contribution in [1.82, 2.24) is 9.80 Å². The van der Waals surface area contributed by atoms with Gasteiger partial charge >= 0.3 is 6.36 Å². The number of benzene rings is 1. The Balaban J connectivity index is 1.53. The van der Waals surface area contributed by atoms with Gasteiger partial charge in [0, 0.05) is 32.2 Å². The number of aliphatic hydroxyl groups is 1. The normalized spacial score (nSPS) is 23.8. The standard InChI is InChI=1S/C24H33F3N2O4/c25-24(26,27)33-20-6-4-5-18(17-20)21(23(31)9-2-1-3-10-23)22(30)29-11-7-19(8-12-29)28-13-15-32-16-14-28/h4-6,17,19,21,31H,1-3,7-16H2. The Morgan fingerprint density at radius 3 is 2.39 bits per heavy atom. The van der Waals surface area contributed by atoms with Gasteiger partial charge in [-0.1, -0.05) is 31.4 Å².